The quantitative estimate of drug-likeness (QED) is 0.917. The molecule has 0 amide bonds. The average Bonchev–Trinajstić information content (AvgIpc) is 2.79. The van der Waals surface area contributed by atoms with E-state index >= 15 is 0 Å². The number of aliphatic hydroxyl groups is 1. The van der Waals surface area contributed by atoms with E-state index in [4.69, 9.17) is 4.74 Å². The first-order chi connectivity index (χ1) is 10.1. The van der Waals surface area contributed by atoms with Gasteiger partial charge in [0.1, 0.15) is 34.8 Å². The number of ether oxygens (including phenoxy) is 1. The van der Waals surface area contributed by atoms with Crippen LogP contribution in [0.25, 0.3) is 0 Å². The lowest BCUT2D eigenvalue weighted by Gasteiger charge is -2.12. The Hall–Kier alpha value is -2.10. The SMILES string of the molecule is N#Cc1c(Oc2cc(F)cc(F)c2)ccc2c1C(O)CS2. The van der Waals surface area contributed by atoms with E-state index in [1.165, 1.54) is 11.8 Å². The van der Waals surface area contributed by atoms with Crippen molar-refractivity contribution in [2.45, 2.75) is 11.0 Å². The molecule has 106 valence electrons. The first-order valence-electron chi connectivity index (χ1n) is 6.10. The molecule has 0 radical (unpaired) electrons. The molecule has 1 aliphatic heterocycles. The average molecular weight is 305 g/mol. The Morgan fingerprint density at radius 2 is 1.95 bits per heavy atom. The molecule has 3 rings (SSSR count). The lowest BCUT2D eigenvalue weighted by atomic mass is 10.0. The lowest BCUT2D eigenvalue weighted by Crippen LogP contribution is -2.00. The van der Waals surface area contributed by atoms with Gasteiger partial charge >= 0.3 is 0 Å². The number of rotatable bonds is 2. The number of nitrogens with zero attached hydrogens (tertiary/aromatic N) is 1. The minimum absolute atomic E-state index is 0.0379. The summed E-state index contributed by atoms with van der Waals surface area (Å²) in [6.45, 7) is 0. The van der Waals surface area contributed by atoms with Crippen LogP contribution in [0, 0.1) is 23.0 Å². The molecule has 1 aliphatic rings. The van der Waals surface area contributed by atoms with Crippen molar-refractivity contribution in [1.82, 2.24) is 0 Å². The topological polar surface area (TPSA) is 53.2 Å². The number of aliphatic hydroxyl groups excluding tert-OH is 1. The van der Waals surface area contributed by atoms with Crippen molar-refractivity contribution in [3.05, 3.63) is 53.1 Å². The number of nitriles is 1. The number of thioether (sulfide) groups is 1. The molecule has 0 aliphatic carbocycles. The zero-order valence-corrected chi connectivity index (χ0v) is 11.5. The highest BCUT2D eigenvalue weighted by molar-refractivity contribution is 7.99. The predicted molar refractivity (Wildman–Crippen MR) is 73.3 cm³/mol. The summed E-state index contributed by atoms with van der Waals surface area (Å²) in [6.07, 6.45) is -0.743. The van der Waals surface area contributed by atoms with Crippen LogP contribution in [0.4, 0.5) is 8.78 Å². The molecule has 0 spiro atoms. The highest BCUT2D eigenvalue weighted by atomic mass is 32.2. The minimum Gasteiger partial charge on any atom is -0.456 e. The highest BCUT2D eigenvalue weighted by Crippen LogP contribution is 2.43. The van der Waals surface area contributed by atoms with Crippen molar-refractivity contribution in [2.75, 3.05) is 5.75 Å². The molecule has 1 N–H and O–H groups in total. The Kier molecular flexibility index (Phi) is 3.53. The van der Waals surface area contributed by atoms with E-state index in [1.807, 2.05) is 6.07 Å². The zero-order chi connectivity index (χ0) is 15.0. The molecule has 0 saturated carbocycles. The summed E-state index contributed by atoms with van der Waals surface area (Å²) in [4.78, 5) is 0.817. The van der Waals surface area contributed by atoms with Crippen LogP contribution in [0.15, 0.2) is 35.2 Å². The summed E-state index contributed by atoms with van der Waals surface area (Å²) in [6, 6.07) is 8.07. The third-order valence-corrected chi connectivity index (χ3v) is 4.22. The number of hydrogen-bond donors (Lipinski definition) is 1. The van der Waals surface area contributed by atoms with Crippen LogP contribution in [0.1, 0.15) is 17.2 Å². The summed E-state index contributed by atoms with van der Waals surface area (Å²) in [5.74, 6) is -0.922. The Labute approximate surface area is 123 Å². The van der Waals surface area contributed by atoms with Crippen LogP contribution in [0.2, 0.25) is 0 Å². The number of halogens is 2. The Balaban J connectivity index is 2.04. The van der Waals surface area contributed by atoms with E-state index in [-0.39, 0.29) is 17.1 Å². The van der Waals surface area contributed by atoms with E-state index in [0.29, 0.717) is 11.3 Å². The smallest absolute Gasteiger partial charge is 0.145 e. The maximum Gasteiger partial charge on any atom is 0.145 e. The molecule has 0 saturated heterocycles. The standard InChI is InChI=1S/C15H9F2NO2S/c16-8-3-9(17)5-10(4-8)20-13-1-2-14-15(11(13)6-18)12(19)7-21-14/h1-5,12,19H,7H2. The van der Waals surface area contributed by atoms with Crippen molar-refractivity contribution in [3.63, 3.8) is 0 Å². The van der Waals surface area contributed by atoms with Crippen LogP contribution in [-0.4, -0.2) is 10.9 Å². The summed E-state index contributed by atoms with van der Waals surface area (Å²) in [5.41, 5.74) is 0.701. The first-order valence-corrected chi connectivity index (χ1v) is 7.09. The Bertz CT molecular complexity index is 738. The van der Waals surface area contributed by atoms with Gasteiger partial charge in [-0.1, -0.05) is 0 Å². The third kappa shape index (κ3) is 2.58. The van der Waals surface area contributed by atoms with Gasteiger partial charge in [-0.15, -0.1) is 11.8 Å². The fraction of sp³-hybridized carbons (Fsp3) is 0.133. The van der Waals surface area contributed by atoms with E-state index in [1.54, 1.807) is 12.1 Å². The van der Waals surface area contributed by atoms with Crippen molar-refractivity contribution >= 4 is 11.8 Å². The molecule has 2 aromatic carbocycles. The monoisotopic (exact) mass is 305 g/mol. The van der Waals surface area contributed by atoms with Gasteiger partial charge in [0.2, 0.25) is 0 Å². The highest BCUT2D eigenvalue weighted by Gasteiger charge is 2.27. The second kappa shape index (κ2) is 5.35. The van der Waals surface area contributed by atoms with Crippen LogP contribution < -0.4 is 4.74 Å². The summed E-state index contributed by atoms with van der Waals surface area (Å²) >= 11 is 1.45. The third-order valence-electron chi connectivity index (χ3n) is 3.07. The van der Waals surface area contributed by atoms with Gasteiger partial charge in [-0.3, -0.25) is 0 Å². The van der Waals surface area contributed by atoms with Gasteiger partial charge in [-0.25, -0.2) is 8.78 Å². The molecule has 2 aromatic rings. The molecule has 3 nitrogen and oxygen atoms in total. The van der Waals surface area contributed by atoms with Crippen molar-refractivity contribution in [1.29, 1.82) is 5.26 Å². The predicted octanol–water partition coefficient (Wildman–Crippen LogP) is 3.77. The second-order valence-electron chi connectivity index (χ2n) is 4.50. The molecule has 0 fully saturated rings. The molecule has 6 heteroatoms. The molecule has 1 unspecified atom stereocenters. The molecule has 0 aromatic heterocycles. The normalized spacial score (nSPS) is 16.4. The summed E-state index contributed by atoms with van der Waals surface area (Å²) in [5, 5.41) is 19.2. The molecular weight excluding hydrogens is 296 g/mol. The van der Waals surface area contributed by atoms with Gasteiger partial charge in [0.15, 0.2) is 0 Å². The fourth-order valence-corrected chi connectivity index (χ4v) is 3.27. The van der Waals surface area contributed by atoms with Gasteiger partial charge in [0.25, 0.3) is 0 Å². The van der Waals surface area contributed by atoms with Crippen LogP contribution in [0.5, 0.6) is 11.5 Å². The first kappa shape index (κ1) is 13.9. The maximum atomic E-state index is 13.2. The maximum absolute atomic E-state index is 13.2. The van der Waals surface area contributed by atoms with Gasteiger partial charge < -0.3 is 9.84 Å². The lowest BCUT2D eigenvalue weighted by molar-refractivity contribution is 0.204. The van der Waals surface area contributed by atoms with E-state index < -0.39 is 17.7 Å². The van der Waals surface area contributed by atoms with Gasteiger partial charge in [-0.2, -0.15) is 5.26 Å². The summed E-state index contributed by atoms with van der Waals surface area (Å²) < 4.78 is 31.7. The van der Waals surface area contributed by atoms with Crippen LogP contribution in [-0.2, 0) is 0 Å². The Morgan fingerprint density at radius 3 is 2.62 bits per heavy atom. The van der Waals surface area contributed by atoms with E-state index in [9.17, 15) is 19.1 Å². The second-order valence-corrected chi connectivity index (χ2v) is 5.56. The van der Waals surface area contributed by atoms with E-state index in [0.717, 1.165) is 23.1 Å². The zero-order valence-electron chi connectivity index (χ0n) is 10.6. The molecule has 21 heavy (non-hydrogen) atoms. The fourth-order valence-electron chi connectivity index (χ4n) is 2.20. The van der Waals surface area contributed by atoms with Gasteiger partial charge in [0.05, 0.1) is 6.10 Å². The molecule has 0 bridgehead atoms. The number of fused-ring (bicyclic) bond motifs is 1. The molecule has 1 heterocycles. The van der Waals surface area contributed by atoms with Gasteiger partial charge in [0, 0.05) is 34.4 Å². The minimum atomic E-state index is -0.764. The Morgan fingerprint density at radius 1 is 1.24 bits per heavy atom. The summed E-state index contributed by atoms with van der Waals surface area (Å²) in [7, 11) is 0. The van der Waals surface area contributed by atoms with E-state index in [2.05, 4.69) is 0 Å². The number of benzene rings is 2. The van der Waals surface area contributed by atoms with Crippen molar-refractivity contribution < 1.29 is 18.6 Å². The number of hydrogen-bond acceptors (Lipinski definition) is 4. The van der Waals surface area contributed by atoms with Crippen LogP contribution in [0.3, 0.4) is 0 Å². The van der Waals surface area contributed by atoms with Gasteiger partial charge in [-0.05, 0) is 12.1 Å². The molecule has 1 atom stereocenters. The largest absolute Gasteiger partial charge is 0.456 e. The van der Waals surface area contributed by atoms with Crippen molar-refractivity contribution in [3.8, 4) is 17.6 Å². The molecular formula is C15H9F2NO2S. The van der Waals surface area contributed by atoms with Crippen molar-refractivity contribution in [2.24, 2.45) is 0 Å². The van der Waals surface area contributed by atoms with Crippen LogP contribution >= 0.6 is 11.8 Å².